The standard InChI is InChI=1S/C27H40F4O7/c28-24-4-2-23(38-14-21-13-36-21)27(31,16-24)7-18(5-24)33-9-17(32)10-37-22-1-3-25(29)6-19(8-26(22,30)15-25)34-11-20-12-35-20/h17-23,32H,1-16H2. The van der Waals surface area contributed by atoms with Crippen molar-refractivity contribution in [3.05, 3.63) is 0 Å². The zero-order chi connectivity index (χ0) is 26.6. The van der Waals surface area contributed by atoms with Gasteiger partial charge in [0, 0.05) is 38.5 Å². The highest BCUT2D eigenvalue weighted by Gasteiger charge is 2.59. The van der Waals surface area contributed by atoms with E-state index in [0.29, 0.717) is 32.8 Å². The van der Waals surface area contributed by atoms with Gasteiger partial charge in [-0.3, -0.25) is 0 Å². The molecule has 11 heteroatoms. The summed E-state index contributed by atoms with van der Waals surface area (Å²) in [7, 11) is 0. The smallest absolute Gasteiger partial charge is 0.142 e. The van der Waals surface area contributed by atoms with Gasteiger partial charge in [0.05, 0.1) is 64.1 Å². The van der Waals surface area contributed by atoms with E-state index in [4.69, 9.17) is 28.4 Å². The molecule has 2 heterocycles. The van der Waals surface area contributed by atoms with Crippen LogP contribution in [-0.2, 0) is 28.4 Å². The maximum absolute atomic E-state index is 15.9. The summed E-state index contributed by atoms with van der Waals surface area (Å²) < 4.78 is 95.6. The Hall–Kier alpha value is -0.560. The lowest BCUT2D eigenvalue weighted by Gasteiger charge is -2.50. The fourth-order valence-electron chi connectivity index (χ4n) is 7.25. The first kappa shape index (κ1) is 27.6. The minimum absolute atomic E-state index is 0.000229. The van der Waals surface area contributed by atoms with E-state index in [2.05, 4.69) is 0 Å². The quantitative estimate of drug-likeness (QED) is 0.293. The third-order valence-electron chi connectivity index (χ3n) is 9.23. The van der Waals surface area contributed by atoms with Crippen LogP contribution in [0.1, 0.15) is 64.2 Å². The summed E-state index contributed by atoms with van der Waals surface area (Å²) in [5.41, 5.74) is -7.01. The van der Waals surface area contributed by atoms with E-state index in [1.165, 1.54) is 0 Å². The average Bonchev–Trinajstić information content (AvgIpc) is 3.74. The molecular formula is C27H40F4O7. The molecule has 218 valence electrons. The minimum atomic E-state index is -1.89. The molecule has 0 aromatic rings. The number of alkyl halides is 4. The van der Waals surface area contributed by atoms with Crippen LogP contribution in [0, 0.1) is 0 Å². The molecule has 4 saturated carbocycles. The second-order valence-corrected chi connectivity index (χ2v) is 12.7. The Labute approximate surface area is 220 Å². The third-order valence-corrected chi connectivity index (χ3v) is 9.23. The molecule has 4 bridgehead atoms. The molecule has 6 aliphatic rings. The number of fused-ring (bicyclic) bond motifs is 4. The molecule has 6 rings (SSSR count). The Morgan fingerprint density at radius 3 is 1.71 bits per heavy atom. The van der Waals surface area contributed by atoms with Crippen LogP contribution < -0.4 is 0 Å². The van der Waals surface area contributed by atoms with Gasteiger partial charge in [0.2, 0.25) is 0 Å². The first-order valence-electron chi connectivity index (χ1n) is 14.2. The molecule has 0 amide bonds. The van der Waals surface area contributed by atoms with Crippen LogP contribution in [0.3, 0.4) is 0 Å². The van der Waals surface area contributed by atoms with Crippen molar-refractivity contribution in [3.63, 3.8) is 0 Å². The van der Waals surface area contributed by atoms with Gasteiger partial charge in [-0.1, -0.05) is 0 Å². The van der Waals surface area contributed by atoms with Crippen molar-refractivity contribution in [2.45, 2.75) is 130 Å². The van der Waals surface area contributed by atoms with E-state index < -0.39 is 53.2 Å². The Morgan fingerprint density at radius 1 is 0.684 bits per heavy atom. The van der Waals surface area contributed by atoms with E-state index in [-0.39, 0.29) is 83.2 Å². The van der Waals surface area contributed by atoms with Crippen LogP contribution in [0.25, 0.3) is 0 Å². The summed E-state index contributed by atoms with van der Waals surface area (Å²) in [5.74, 6) is 0. The van der Waals surface area contributed by atoms with E-state index in [1.54, 1.807) is 0 Å². The molecule has 11 unspecified atom stereocenters. The second-order valence-electron chi connectivity index (χ2n) is 12.7. The number of hydrogen-bond donors (Lipinski definition) is 1. The van der Waals surface area contributed by atoms with Crippen molar-refractivity contribution in [2.24, 2.45) is 0 Å². The van der Waals surface area contributed by atoms with Crippen molar-refractivity contribution >= 4 is 0 Å². The normalized spacial score (nSPS) is 50.4. The summed E-state index contributed by atoms with van der Waals surface area (Å²) in [6.45, 7) is 1.46. The molecule has 11 atom stereocenters. The summed E-state index contributed by atoms with van der Waals surface area (Å²) >= 11 is 0. The van der Waals surface area contributed by atoms with Gasteiger partial charge in [-0.15, -0.1) is 0 Å². The maximum atomic E-state index is 15.9. The lowest BCUT2D eigenvalue weighted by molar-refractivity contribution is -0.196. The lowest BCUT2D eigenvalue weighted by Crippen LogP contribution is -2.58. The van der Waals surface area contributed by atoms with Gasteiger partial charge in [0.15, 0.2) is 0 Å². The molecular weight excluding hydrogens is 512 g/mol. The van der Waals surface area contributed by atoms with Gasteiger partial charge in [0.25, 0.3) is 0 Å². The SMILES string of the molecule is OC(COC1CC2(F)CCC(OCC3CO3)C(F)(C1)C2)COC1CCC2(F)CC(OCC3CO3)CC1(F)C2. The first-order valence-corrected chi connectivity index (χ1v) is 14.2. The van der Waals surface area contributed by atoms with E-state index >= 15 is 17.6 Å². The van der Waals surface area contributed by atoms with Crippen LogP contribution >= 0.6 is 0 Å². The molecule has 7 nitrogen and oxygen atoms in total. The second kappa shape index (κ2) is 10.4. The summed E-state index contributed by atoms with van der Waals surface area (Å²) in [4.78, 5) is 0. The van der Waals surface area contributed by atoms with Crippen LogP contribution in [0.5, 0.6) is 0 Å². The maximum Gasteiger partial charge on any atom is 0.142 e. The lowest BCUT2D eigenvalue weighted by atomic mass is 9.66. The number of rotatable bonds is 12. The number of halogens is 4. The van der Waals surface area contributed by atoms with Crippen molar-refractivity contribution in [3.8, 4) is 0 Å². The predicted molar refractivity (Wildman–Crippen MR) is 126 cm³/mol. The Balaban J connectivity index is 0.977. The van der Waals surface area contributed by atoms with E-state index in [1.807, 2.05) is 0 Å². The third kappa shape index (κ3) is 6.34. The fourth-order valence-corrected chi connectivity index (χ4v) is 7.25. The molecule has 2 saturated heterocycles. The van der Waals surface area contributed by atoms with Gasteiger partial charge >= 0.3 is 0 Å². The average molecular weight is 553 g/mol. The minimum Gasteiger partial charge on any atom is -0.388 e. The van der Waals surface area contributed by atoms with Crippen molar-refractivity contribution in [1.82, 2.24) is 0 Å². The van der Waals surface area contributed by atoms with Crippen molar-refractivity contribution < 1.29 is 51.1 Å². The molecule has 6 fully saturated rings. The highest BCUT2D eigenvalue weighted by Crippen LogP contribution is 2.53. The molecule has 1 N–H and O–H groups in total. The summed E-state index contributed by atoms with van der Waals surface area (Å²) in [6.07, 6.45) is -3.20. The van der Waals surface area contributed by atoms with E-state index in [0.717, 1.165) is 0 Å². The zero-order valence-corrected chi connectivity index (χ0v) is 21.8. The first-order chi connectivity index (χ1) is 18.0. The molecule has 0 aromatic heterocycles. The van der Waals surface area contributed by atoms with Gasteiger partial charge in [-0.05, 0) is 25.7 Å². The number of hydrogen-bond acceptors (Lipinski definition) is 7. The molecule has 0 aromatic carbocycles. The van der Waals surface area contributed by atoms with Gasteiger partial charge in [-0.25, -0.2) is 17.6 Å². The van der Waals surface area contributed by atoms with Crippen LogP contribution in [-0.4, -0.2) is 110 Å². The fraction of sp³-hybridized carbons (Fsp3) is 1.00. The monoisotopic (exact) mass is 552 g/mol. The largest absolute Gasteiger partial charge is 0.388 e. The van der Waals surface area contributed by atoms with Gasteiger partial charge in [-0.2, -0.15) is 0 Å². The number of aliphatic hydroxyl groups excluding tert-OH is 1. The predicted octanol–water partition coefficient (Wildman–Crippen LogP) is 3.47. The molecule has 0 radical (unpaired) electrons. The summed E-state index contributed by atoms with van der Waals surface area (Å²) in [5, 5.41) is 10.5. The molecule has 38 heavy (non-hydrogen) atoms. The summed E-state index contributed by atoms with van der Waals surface area (Å²) in [6, 6.07) is 0. The van der Waals surface area contributed by atoms with Gasteiger partial charge < -0.3 is 33.5 Å². The Kier molecular flexibility index (Phi) is 7.53. The van der Waals surface area contributed by atoms with Crippen LogP contribution in [0.4, 0.5) is 17.6 Å². The topological polar surface area (TPSA) is 82.2 Å². The van der Waals surface area contributed by atoms with Gasteiger partial charge in [0.1, 0.15) is 41.0 Å². The number of epoxide rings is 2. The Morgan fingerprint density at radius 2 is 1.16 bits per heavy atom. The van der Waals surface area contributed by atoms with E-state index in [9.17, 15) is 5.11 Å². The number of aliphatic hydroxyl groups is 1. The van der Waals surface area contributed by atoms with Crippen LogP contribution in [0.15, 0.2) is 0 Å². The van der Waals surface area contributed by atoms with Crippen LogP contribution in [0.2, 0.25) is 0 Å². The highest BCUT2D eigenvalue weighted by atomic mass is 19.2. The Bertz CT molecular complexity index is 846. The molecule has 0 spiro atoms. The highest BCUT2D eigenvalue weighted by molar-refractivity contribution is 5.09. The van der Waals surface area contributed by atoms with Crippen molar-refractivity contribution in [2.75, 3.05) is 39.6 Å². The van der Waals surface area contributed by atoms with Crippen molar-refractivity contribution in [1.29, 1.82) is 0 Å². The zero-order valence-electron chi connectivity index (χ0n) is 21.8. The number of ether oxygens (including phenoxy) is 6. The molecule has 4 aliphatic carbocycles. The molecule has 2 aliphatic heterocycles.